The van der Waals surface area contributed by atoms with Gasteiger partial charge in [-0.3, -0.25) is 14.6 Å². The summed E-state index contributed by atoms with van der Waals surface area (Å²) in [7, 11) is 1.47. The molecule has 30 heavy (non-hydrogen) atoms. The molecule has 0 N–H and O–H groups in total. The summed E-state index contributed by atoms with van der Waals surface area (Å²) < 4.78 is 10.5. The Hall–Kier alpha value is -3.68. The molecule has 2 aliphatic rings. The van der Waals surface area contributed by atoms with Crippen molar-refractivity contribution in [2.45, 2.75) is 19.9 Å². The Kier molecular flexibility index (Phi) is 4.99. The number of anilines is 2. The second-order valence-corrected chi connectivity index (χ2v) is 6.94. The molecule has 8 nitrogen and oxygen atoms in total. The first-order chi connectivity index (χ1) is 14.5. The highest BCUT2D eigenvalue weighted by atomic mass is 16.5. The van der Waals surface area contributed by atoms with E-state index in [4.69, 9.17) is 9.47 Å². The summed E-state index contributed by atoms with van der Waals surface area (Å²) in [6.07, 6.45) is 0. The summed E-state index contributed by atoms with van der Waals surface area (Å²) in [5, 5.41) is 5.83. The minimum absolute atomic E-state index is 0.0687. The molecular weight excluding hydrogens is 386 g/mol. The lowest BCUT2D eigenvalue weighted by atomic mass is 9.97. The number of amides is 2. The van der Waals surface area contributed by atoms with Crippen molar-refractivity contribution in [3.05, 3.63) is 54.1 Å². The Morgan fingerprint density at radius 2 is 1.70 bits per heavy atom. The van der Waals surface area contributed by atoms with Crippen molar-refractivity contribution in [1.82, 2.24) is 0 Å². The molecule has 0 aromatic heterocycles. The Morgan fingerprint density at radius 3 is 2.37 bits per heavy atom. The highest BCUT2D eigenvalue weighted by Gasteiger charge is 2.59. The van der Waals surface area contributed by atoms with E-state index in [0.717, 1.165) is 10.5 Å². The average molecular weight is 407 g/mol. The Morgan fingerprint density at radius 1 is 1.03 bits per heavy atom. The number of aryl methyl sites for hydroxylation is 1. The molecule has 0 spiro atoms. The van der Waals surface area contributed by atoms with Gasteiger partial charge in [-0.25, -0.2) is 9.69 Å². The standard InChI is InChI=1S/C22H21N3O5/c1-4-30-22(28)18-17-19(25(23-18)14-10-6-5-9-13(14)2)21(27)24(20(17)26)15-11-7-8-12-16(15)29-3/h5-12,17,19H,4H2,1-3H3/t17-,19-/m0/s1. The number of carbonyl (C=O) groups excluding carboxylic acids is 3. The van der Waals surface area contributed by atoms with E-state index in [-0.39, 0.29) is 12.3 Å². The normalized spacial score (nSPS) is 20.3. The lowest BCUT2D eigenvalue weighted by Crippen LogP contribution is -2.39. The fraction of sp³-hybridized carbons (Fsp3) is 0.273. The van der Waals surface area contributed by atoms with Gasteiger partial charge in [0.15, 0.2) is 5.71 Å². The topological polar surface area (TPSA) is 88.5 Å². The van der Waals surface area contributed by atoms with Crippen LogP contribution in [0.2, 0.25) is 0 Å². The van der Waals surface area contributed by atoms with Crippen LogP contribution in [-0.4, -0.2) is 43.3 Å². The summed E-state index contributed by atoms with van der Waals surface area (Å²) in [5.41, 5.74) is 1.77. The molecule has 2 aromatic carbocycles. The van der Waals surface area contributed by atoms with Gasteiger partial charge in [0, 0.05) is 0 Å². The summed E-state index contributed by atoms with van der Waals surface area (Å²) in [6, 6.07) is 13.2. The first-order valence-corrected chi connectivity index (χ1v) is 9.60. The van der Waals surface area contributed by atoms with Gasteiger partial charge in [-0.2, -0.15) is 5.10 Å². The minimum atomic E-state index is -1.05. The predicted octanol–water partition coefficient (Wildman–Crippen LogP) is 2.30. The number of carbonyl (C=O) groups is 3. The van der Waals surface area contributed by atoms with Crippen LogP contribution < -0.4 is 14.6 Å². The van der Waals surface area contributed by atoms with Crippen molar-refractivity contribution in [3.63, 3.8) is 0 Å². The number of esters is 1. The molecule has 2 atom stereocenters. The monoisotopic (exact) mass is 407 g/mol. The maximum Gasteiger partial charge on any atom is 0.355 e. The van der Waals surface area contributed by atoms with Gasteiger partial charge >= 0.3 is 5.97 Å². The van der Waals surface area contributed by atoms with Crippen LogP contribution in [0.5, 0.6) is 5.75 Å². The number of fused-ring (bicyclic) bond motifs is 1. The summed E-state index contributed by atoms with van der Waals surface area (Å²) in [6.45, 7) is 3.69. The van der Waals surface area contributed by atoms with Crippen LogP contribution >= 0.6 is 0 Å². The number of imide groups is 1. The quantitative estimate of drug-likeness (QED) is 0.558. The number of benzene rings is 2. The molecule has 2 aliphatic heterocycles. The van der Waals surface area contributed by atoms with Crippen LogP contribution in [0.4, 0.5) is 11.4 Å². The van der Waals surface area contributed by atoms with Crippen LogP contribution in [0.3, 0.4) is 0 Å². The molecule has 4 rings (SSSR count). The number of hydrogen-bond acceptors (Lipinski definition) is 7. The van der Waals surface area contributed by atoms with E-state index in [1.54, 1.807) is 37.3 Å². The van der Waals surface area contributed by atoms with Crippen molar-refractivity contribution in [1.29, 1.82) is 0 Å². The van der Waals surface area contributed by atoms with Crippen LogP contribution in [0.1, 0.15) is 12.5 Å². The first-order valence-electron chi connectivity index (χ1n) is 9.60. The van der Waals surface area contributed by atoms with Crippen molar-refractivity contribution in [3.8, 4) is 5.75 Å². The zero-order valence-electron chi connectivity index (χ0n) is 16.9. The SMILES string of the molecule is CCOC(=O)C1=NN(c2ccccc2C)[C@@H]2C(=O)N(c3ccccc3OC)C(=O)[C@@H]12. The number of para-hydroxylation sites is 3. The number of nitrogens with zero attached hydrogens (tertiary/aromatic N) is 3. The first kappa shape index (κ1) is 19.6. The fourth-order valence-electron chi connectivity index (χ4n) is 3.86. The summed E-state index contributed by atoms with van der Waals surface area (Å²) >= 11 is 0. The Labute approximate surface area is 173 Å². The smallest absolute Gasteiger partial charge is 0.355 e. The molecule has 1 fully saturated rings. The van der Waals surface area contributed by atoms with Crippen molar-refractivity contribution in [2.24, 2.45) is 11.0 Å². The van der Waals surface area contributed by atoms with Crippen LogP contribution in [0.25, 0.3) is 0 Å². The second-order valence-electron chi connectivity index (χ2n) is 6.94. The molecule has 8 heteroatoms. The molecule has 2 aromatic rings. The fourth-order valence-corrected chi connectivity index (χ4v) is 3.86. The van der Waals surface area contributed by atoms with Gasteiger partial charge in [0.1, 0.15) is 17.7 Å². The molecule has 0 aliphatic carbocycles. The van der Waals surface area contributed by atoms with E-state index >= 15 is 0 Å². The van der Waals surface area contributed by atoms with Gasteiger partial charge in [-0.05, 0) is 37.6 Å². The summed E-state index contributed by atoms with van der Waals surface area (Å²) in [5.74, 6) is -2.37. The number of hydrogen-bond donors (Lipinski definition) is 0. The van der Waals surface area contributed by atoms with E-state index in [1.807, 2.05) is 25.1 Å². The molecule has 2 amide bonds. The third kappa shape index (κ3) is 2.92. The number of rotatable bonds is 5. The summed E-state index contributed by atoms with van der Waals surface area (Å²) in [4.78, 5) is 40.5. The Balaban J connectivity index is 1.83. The van der Waals surface area contributed by atoms with Crippen molar-refractivity contribution >= 4 is 34.9 Å². The van der Waals surface area contributed by atoms with E-state index in [1.165, 1.54) is 12.1 Å². The number of hydrazone groups is 1. The van der Waals surface area contributed by atoms with Crippen molar-refractivity contribution in [2.75, 3.05) is 23.6 Å². The predicted molar refractivity (Wildman–Crippen MR) is 110 cm³/mol. The van der Waals surface area contributed by atoms with Crippen LogP contribution in [0, 0.1) is 12.8 Å². The molecule has 1 saturated heterocycles. The van der Waals surface area contributed by atoms with Crippen LogP contribution in [-0.2, 0) is 19.1 Å². The van der Waals surface area contributed by atoms with E-state index in [0.29, 0.717) is 17.1 Å². The van der Waals surface area contributed by atoms with Gasteiger partial charge in [0.2, 0.25) is 5.91 Å². The third-order valence-corrected chi connectivity index (χ3v) is 5.22. The van der Waals surface area contributed by atoms with Crippen LogP contribution in [0.15, 0.2) is 53.6 Å². The minimum Gasteiger partial charge on any atom is -0.495 e. The number of ether oxygens (including phenoxy) is 2. The average Bonchev–Trinajstić information content (AvgIpc) is 3.25. The van der Waals surface area contributed by atoms with Gasteiger partial charge in [-0.15, -0.1) is 0 Å². The van der Waals surface area contributed by atoms with Gasteiger partial charge in [0.25, 0.3) is 5.91 Å². The largest absolute Gasteiger partial charge is 0.495 e. The maximum absolute atomic E-state index is 13.5. The Bertz CT molecular complexity index is 1060. The molecule has 0 saturated carbocycles. The molecular formula is C22H21N3O5. The molecule has 0 radical (unpaired) electrons. The zero-order chi connectivity index (χ0) is 21.4. The van der Waals surface area contributed by atoms with Gasteiger partial charge in [-0.1, -0.05) is 30.3 Å². The highest BCUT2D eigenvalue weighted by Crippen LogP contribution is 2.41. The van der Waals surface area contributed by atoms with E-state index < -0.39 is 29.7 Å². The van der Waals surface area contributed by atoms with Gasteiger partial charge < -0.3 is 9.47 Å². The molecule has 154 valence electrons. The van der Waals surface area contributed by atoms with E-state index in [2.05, 4.69) is 5.10 Å². The lowest BCUT2D eigenvalue weighted by molar-refractivity contribution is -0.136. The molecule has 0 unspecified atom stereocenters. The second kappa shape index (κ2) is 7.62. The highest BCUT2D eigenvalue weighted by molar-refractivity contribution is 6.47. The maximum atomic E-state index is 13.5. The van der Waals surface area contributed by atoms with Gasteiger partial charge in [0.05, 0.1) is 25.1 Å². The zero-order valence-corrected chi connectivity index (χ0v) is 16.9. The number of methoxy groups -OCH3 is 1. The molecule has 2 heterocycles. The van der Waals surface area contributed by atoms with Crippen molar-refractivity contribution < 1.29 is 23.9 Å². The van der Waals surface area contributed by atoms with E-state index in [9.17, 15) is 14.4 Å². The molecule has 0 bridgehead atoms. The third-order valence-electron chi connectivity index (χ3n) is 5.22. The lowest BCUT2D eigenvalue weighted by Gasteiger charge is -2.24.